The maximum atomic E-state index is 12.3. The molecule has 5 atom stereocenters. The van der Waals surface area contributed by atoms with Gasteiger partial charge in [0, 0.05) is 11.8 Å². The summed E-state index contributed by atoms with van der Waals surface area (Å²) in [6.07, 6.45) is -3.13. The first-order chi connectivity index (χ1) is 17.2. The van der Waals surface area contributed by atoms with Gasteiger partial charge in [0.1, 0.15) is 12.1 Å². The summed E-state index contributed by atoms with van der Waals surface area (Å²) < 4.78 is 26.0. The molecule has 0 heterocycles. The highest BCUT2D eigenvalue weighted by Gasteiger charge is 2.36. The molecule has 1 aromatic carbocycles. The van der Waals surface area contributed by atoms with Gasteiger partial charge < -0.3 is 34.5 Å². The van der Waals surface area contributed by atoms with Gasteiger partial charge in [0.15, 0.2) is 11.5 Å². The van der Waals surface area contributed by atoms with Gasteiger partial charge in [0.05, 0.1) is 18.1 Å². The minimum Gasteiger partial charge on any atom is -0.480 e. The molecule has 0 bridgehead atoms. The molecule has 0 amide bonds. The Morgan fingerprint density at radius 3 is 1.81 bits per heavy atom. The predicted octanol–water partition coefficient (Wildman–Crippen LogP) is 4.64. The van der Waals surface area contributed by atoms with E-state index in [2.05, 4.69) is 0 Å². The topological polar surface area (TPSA) is 161 Å². The average molecular weight is 526 g/mol. The van der Waals surface area contributed by atoms with Crippen molar-refractivity contribution in [3.8, 4) is 11.5 Å². The molecule has 11 nitrogen and oxygen atoms in total. The second-order valence-electron chi connectivity index (χ2n) is 9.44. The van der Waals surface area contributed by atoms with Crippen LogP contribution >= 0.6 is 0 Å². The summed E-state index contributed by atoms with van der Waals surface area (Å²) in [7, 11) is 0. The zero-order valence-corrected chi connectivity index (χ0v) is 22.7. The number of carbonyl (C=O) groups excluding carboxylic acids is 3. The second kappa shape index (κ2) is 14.4. The molecule has 0 aliphatic rings. The van der Waals surface area contributed by atoms with Crippen LogP contribution in [0.5, 0.6) is 11.5 Å². The van der Waals surface area contributed by atoms with Crippen LogP contribution in [-0.2, 0) is 23.8 Å². The smallest absolute Gasteiger partial charge is 0.480 e. The molecule has 0 saturated carbocycles. The third-order valence-corrected chi connectivity index (χ3v) is 5.70. The zero-order chi connectivity index (χ0) is 28.4. The molecule has 37 heavy (non-hydrogen) atoms. The van der Waals surface area contributed by atoms with Crippen molar-refractivity contribution in [3.63, 3.8) is 0 Å². The maximum Gasteiger partial charge on any atom is 0.514 e. The third kappa shape index (κ3) is 9.91. The van der Waals surface area contributed by atoms with Crippen molar-refractivity contribution in [3.05, 3.63) is 23.8 Å². The number of carboxylic acids is 1. The molecule has 0 radical (unpaired) electrons. The summed E-state index contributed by atoms with van der Waals surface area (Å²) in [5.74, 6) is -3.80. The summed E-state index contributed by atoms with van der Waals surface area (Å²) in [5.41, 5.74) is 6.41. The van der Waals surface area contributed by atoms with Gasteiger partial charge in [0.2, 0.25) is 0 Å². The number of nitrogens with two attached hydrogens (primary N) is 1. The van der Waals surface area contributed by atoms with Crippen molar-refractivity contribution in [1.82, 2.24) is 0 Å². The standard InChI is InChI=1S/C26H39NO10/c1-9-15(6)24(30)35-17(8)16(7)21(22(27)23(28)29)18-10-11-19(36-25(31)33-13(2)3)20(12-18)37-26(32)34-14(4)5/h10-17,21-22H,9,27H2,1-8H3,(H,28,29)/t15?,16?,17?,21?,22-/m0/s1. The Labute approximate surface area is 217 Å². The van der Waals surface area contributed by atoms with Crippen LogP contribution in [0.4, 0.5) is 9.59 Å². The van der Waals surface area contributed by atoms with Crippen LogP contribution in [0, 0.1) is 11.8 Å². The largest absolute Gasteiger partial charge is 0.514 e. The Kier molecular flexibility index (Phi) is 12.3. The van der Waals surface area contributed by atoms with Crippen molar-refractivity contribution < 1.29 is 48.0 Å². The molecule has 11 heteroatoms. The van der Waals surface area contributed by atoms with E-state index in [9.17, 15) is 24.3 Å². The van der Waals surface area contributed by atoms with E-state index in [0.29, 0.717) is 12.0 Å². The molecular formula is C26H39NO10. The van der Waals surface area contributed by atoms with E-state index >= 15 is 0 Å². The number of benzene rings is 1. The number of hydrogen-bond acceptors (Lipinski definition) is 10. The fraction of sp³-hybridized carbons (Fsp3) is 0.615. The fourth-order valence-corrected chi connectivity index (χ4v) is 3.37. The van der Waals surface area contributed by atoms with Gasteiger partial charge in [0.25, 0.3) is 0 Å². The lowest BCUT2D eigenvalue weighted by Gasteiger charge is -2.32. The number of rotatable bonds is 12. The van der Waals surface area contributed by atoms with Gasteiger partial charge in [-0.25, -0.2) is 9.59 Å². The Morgan fingerprint density at radius 1 is 0.838 bits per heavy atom. The van der Waals surface area contributed by atoms with Gasteiger partial charge in [-0.1, -0.05) is 26.8 Å². The molecule has 0 spiro atoms. The second-order valence-corrected chi connectivity index (χ2v) is 9.44. The molecule has 0 aliphatic carbocycles. The number of aliphatic carboxylic acids is 1. The predicted molar refractivity (Wildman–Crippen MR) is 133 cm³/mol. The Bertz CT molecular complexity index is 945. The van der Waals surface area contributed by atoms with Gasteiger partial charge in [-0.3, -0.25) is 9.59 Å². The molecule has 3 N–H and O–H groups in total. The number of ether oxygens (including phenoxy) is 5. The Morgan fingerprint density at radius 2 is 1.35 bits per heavy atom. The molecule has 208 valence electrons. The summed E-state index contributed by atoms with van der Waals surface area (Å²) >= 11 is 0. The molecule has 1 rings (SSSR count). The van der Waals surface area contributed by atoms with Gasteiger partial charge in [-0.15, -0.1) is 0 Å². The number of carboxylic acid groups (broad SMARTS) is 1. The van der Waals surface area contributed by atoms with E-state index in [1.807, 2.05) is 6.92 Å². The van der Waals surface area contributed by atoms with Crippen LogP contribution in [0.1, 0.15) is 73.3 Å². The fourth-order valence-electron chi connectivity index (χ4n) is 3.37. The maximum absolute atomic E-state index is 12.3. The van der Waals surface area contributed by atoms with E-state index in [-0.39, 0.29) is 17.4 Å². The van der Waals surface area contributed by atoms with Crippen LogP contribution < -0.4 is 15.2 Å². The van der Waals surface area contributed by atoms with E-state index in [4.69, 9.17) is 29.4 Å². The summed E-state index contributed by atoms with van der Waals surface area (Å²) in [5, 5.41) is 9.70. The molecule has 0 aromatic heterocycles. The Hall–Kier alpha value is -3.34. The molecule has 0 saturated heterocycles. The average Bonchev–Trinajstić information content (AvgIpc) is 2.78. The highest BCUT2D eigenvalue weighted by molar-refractivity contribution is 5.75. The minimum absolute atomic E-state index is 0.151. The van der Waals surface area contributed by atoms with Crippen molar-refractivity contribution in [2.75, 3.05) is 0 Å². The van der Waals surface area contributed by atoms with Gasteiger partial charge in [-0.05, 0) is 58.7 Å². The highest BCUT2D eigenvalue weighted by Crippen LogP contribution is 2.37. The van der Waals surface area contributed by atoms with Crippen LogP contribution in [0.15, 0.2) is 18.2 Å². The lowest BCUT2D eigenvalue weighted by molar-refractivity contribution is -0.155. The minimum atomic E-state index is -1.40. The molecule has 0 aliphatic heterocycles. The number of esters is 1. The lowest BCUT2D eigenvalue weighted by atomic mass is 9.79. The SMILES string of the molecule is CCC(C)C(=O)OC(C)C(C)C(c1ccc(OC(=O)OC(C)C)c(OC(=O)OC(C)C)c1)[C@H](N)C(=O)O. The van der Waals surface area contributed by atoms with Crippen LogP contribution in [0.2, 0.25) is 0 Å². The first-order valence-corrected chi connectivity index (χ1v) is 12.3. The van der Waals surface area contributed by atoms with Crippen LogP contribution in [0.3, 0.4) is 0 Å². The van der Waals surface area contributed by atoms with Gasteiger partial charge >= 0.3 is 24.2 Å². The first-order valence-electron chi connectivity index (χ1n) is 12.3. The van der Waals surface area contributed by atoms with E-state index < -0.39 is 60.4 Å². The first kappa shape index (κ1) is 31.7. The molecule has 0 fully saturated rings. The van der Waals surface area contributed by atoms with E-state index in [1.165, 1.54) is 18.2 Å². The van der Waals surface area contributed by atoms with E-state index in [1.54, 1.807) is 48.5 Å². The Balaban J connectivity index is 3.46. The van der Waals surface area contributed by atoms with E-state index in [0.717, 1.165) is 0 Å². The normalized spacial score (nSPS) is 15.2. The van der Waals surface area contributed by atoms with Crippen molar-refractivity contribution >= 4 is 24.2 Å². The van der Waals surface area contributed by atoms with Crippen LogP contribution in [-0.4, -0.2) is 53.7 Å². The summed E-state index contributed by atoms with van der Waals surface area (Å²) in [6, 6.07) is 2.77. The number of hydrogen-bond donors (Lipinski definition) is 2. The molecular weight excluding hydrogens is 486 g/mol. The van der Waals surface area contributed by atoms with Crippen molar-refractivity contribution in [2.24, 2.45) is 17.6 Å². The monoisotopic (exact) mass is 525 g/mol. The van der Waals surface area contributed by atoms with Crippen LogP contribution in [0.25, 0.3) is 0 Å². The summed E-state index contributed by atoms with van der Waals surface area (Å²) in [6.45, 7) is 13.5. The quantitative estimate of drug-likeness (QED) is 0.222. The number of carbonyl (C=O) groups is 4. The summed E-state index contributed by atoms with van der Waals surface area (Å²) in [4.78, 5) is 48.5. The third-order valence-electron chi connectivity index (χ3n) is 5.70. The molecule has 1 aromatic rings. The molecule has 4 unspecified atom stereocenters. The lowest BCUT2D eigenvalue weighted by Crippen LogP contribution is -2.43. The van der Waals surface area contributed by atoms with Gasteiger partial charge in [-0.2, -0.15) is 0 Å². The van der Waals surface area contributed by atoms with Crippen molar-refractivity contribution in [1.29, 1.82) is 0 Å². The van der Waals surface area contributed by atoms with Crippen molar-refractivity contribution in [2.45, 2.75) is 92.1 Å². The highest BCUT2D eigenvalue weighted by atomic mass is 16.7. The zero-order valence-electron chi connectivity index (χ0n) is 22.7.